The molecule has 0 aliphatic carbocycles. The Labute approximate surface area is 336 Å². The number of nitrogens with zero attached hydrogens (tertiary/aromatic N) is 1. The molecule has 300 valence electrons. The van der Waals surface area contributed by atoms with Crippen LogP contribution in [0.3, 0.4) is 0 Å². The molecule has 4 aromatic carbocycles. The van der Waals surface area contributed by atoms with Crippen LogP contribution in [-0.4, -0.2) is 69.7 Å². The summed E-state index contributed by atoms with van der Waals surface area (Å²) in [6.07, 6.45) is -1.27. The predicted octanol–water partition coefficient (Wildman–Crippen LogP) is 8.11. The first kappa shape index (κ1) is 42.6. The van der Waals surface area contributed by atoms with Crippen molar-refractivity contribution in [1.82, 2.24) is 9.88 Å². The molecule has 5 aromatic rings. The van der Waals surface area contributed by atoms with Crippen molar-refractivity contribution < 1.29 is 43.2 Å². The van der Waals surface area contributed by atoms with Crippen molar-refractivity contribution in [3.63, 3.8) is 0 Å². The van der Waals surface area contributed by atoms with Gasteiger partial charge in [0, 0.05) is 51.8 Å². The third kappa shape index (κ3) is 10.9. The normalized spacial score (nSPS) is 13.4. The zero-order valence-electron chi connectivity index (χ0n) is 32.6. The molecular weight excluding hydrogens is 751 g/mol. The molecule has 10 nitrogen and oxygen atoms in total. The van der Waals surface area contributed by atoms with Gasteiger partial charge in [0.2, 0.25) is 6.10 Å². The Morgan fingerprint density at radius 1 is 0.930 bits per heavy atom. The maximum absolute atomic E-state index is 13.9. The summed E-state index contributed by atoms with van der Waals surface area (Å²) in [6.45, 7) is 8.93. The summed E-state index contributed by atoms with van der Waals surface area (Å²) in [5.41, 5.74) is 3.15. The van der Waals surface area contributed by atoms with Crippen LogP contribution in [0.5, 0.6) is 5.75 Å². The van der Waals surface area contributed by atoms with Gasteiger partial charge in [-0.25, -0.2) is 14.0 Å². The van der Waals surface area contributed by atoms with Gasteiger partial charge in [-0.1, -0.05) is 60.1 Å². The van der Waals surface area contributed by atoms with Crippen molar-refractivity contribution in [2.45, 2.75) is 77.4 Å². The SMILES string of the molecule is CCOC(=O)C(OC(=O)C(C)(C)Oc1ccc(CCNC(=O)c2ccc(Cl)cc2)cc1)C(O)CC(O)/C=C/c1c(-c2ccc(F)cc2)c2ccccc2n1C(C)C. The summed E-state index contributed by atoms with van der Waals surface area (Å²) in [5, 5.41) is 26.7. The predicted molar refractivity (Wildman–Crippen MR) is 219 cm³/mol. The zero-order valence-corrected chi connectivity index (χ0v) is 33.3. The number of amides is 1. The fourth-order valence-electron chi connectivity index (χ4n) is 6.42. The van der Waals surface area contributed by atoms with Crippen LogP contribution < -0.4 is 10.1 Å². The van der Waals surface area contributed by atoms with Gasteiger partial charge < -0.3 is 34.3 Å². The molecule has 57 heavy (non-hydrogen) atoms. The second-order valence-corrected chi connectivity index (χ2v) is 14.8. The number of ether oxygens (including phenoxy) is 3. The number of esters is 2. The van der Waals surface area contributed by atoms with E-state index < -0.39 is 35.9 Å². The molecule has 1 amide bonds. The second-order valence-electron chi connectivity index (χ2n) is 14.3. The van der Waals surface area contributed by atoms with Crippen LogP contribution in [0.2, 0.25) is 5.02 Å². The Bertz CT molecular complexity index is 2180. The lowest BCUT2D eigenvalue weighted by Gasteiger charge is -2.28. The van der Waals surface area contributed by atoms with E-state index in [0.29, 0.717) is 29.3 Å². The minimum absolute atomic E-state index is 0.0168. The van der Waals surface area contributed by atoms with Crippen LogP contribution in [-0.2, 0) is 25.5 Å². The molecule has 0 bridgehead atoms. The van der Waals surface area contributed by atoms with E-state index in [2.05, 4.69) is 9.88 Å². The Morgan fingerprint density at radius 2 is 1.60 bits per heavy atom. The third-order valence-corrected chi connectivity index (χ3v) is 9.51. The maximum atomic E-state index is 13.9. The summed E-state index contributed by atoms with van der Waals surface area (Å²) in [4.78, 5) is 38.9. The van der Waals surface area contributed by atoms with Crippen molar-refractivity contribution in [2.75, 3.05) is 13.2 Å². The minimum atomic E-state index is -1.76. The molecule has 1 aromatic heterocycles. The monoisotopic (exact) mass is 798 g/mol. The van der Waals surface area contributed by atoms with E-state index in [4.69, 9.17) is 25.8 Å². The summed E-state index contributed by atoms with van der Waals surface area (Å²) in [7, 11) is 0. The Kier molecular flexibility index (Phi) is 14.3. The molecule has 3 unspecified atom stereocenters. The number of nitrogens with one attached hydrogen (secondary N) is 1. The van der Waals surface area contributed by atoms with Crippen molar-refractivity contribution >= 4 is 46.4 Å². The van der Waals surface area contributed by atoms with Gasteiger partial charge >= 0.3 is 11.9 Å². The molecular formula is C45H48ClFN2O8. The molecule has 0 spiro atoms. The fraction of sp³-hybridized carbons (Fsp3) is 0.311. The topological polar surface area (TPSA) is 136 Å². The Morgan fingerprint density at radius 3 is 2.25 bits per heavy atom. The van der Waals surface area contributed by atoms with Crippen LogP contribution in [0.25, 0.3) is 28.1 Å². The second kappa shape index (κ2) is 19.1. The van der Waals surface area contributed by atoms with Gasteiger partial charge in [0.15, 0.2) is 5.60 Å². The van der Waals surface area contributed by atoms with Gasteiger partial charge in [0.1, 0.15) is 17.7 Å². The van der Waals surface area contributed by atoms with E-state index in [1.807, 2.05) is 38.1 Å². The molecule has 0 saturated carbocycles. The first-order valence-electron chi connectivity index (χ1n) is 18.8. The minimum Gasteiger partial charge on any atom is -0.476 e. The number of hydrogen-bond donors (Lipinski definition) is 3. The Balaban J connectivity index is 1.24. The van der Waals surface area contributed by atoms with E-state index in [9.17, 15) is 29.0 Å². The number of hydrogen-bond acceptors (Lipinski definition) is 8. The number of benzene rings is 4. The highest BCUT2D eigenvalue weighted by Crippen LogP contribution is 2.38. The Hall–Kier alpha value is -5.49. The number of rotatable bonds is 17. The van der Waals surface area contributed by atoms with Crippen molar-refractivity contribution in [3.8, 4) is 16.9 Å². The van der Waals surface area contributed by atoms with Gasteiger partial charge in [-0.2, -0.15) is 0 Å². The quantitative estimate of drug-likeness (QED) is 0.0804. The first-order valence-corrected chi connectivity index (χ1v) is 19.2. The van der Waals surface area contributed by atoms with Gasteiger partial charge in [-0.15, -0.1) is 0 Å². The molecule has 0 aliphatic heterocycles. The average molecular weight is 799 g/mol. The number of carbonyl (C=O) groups is 3. The standard InChI is InChI=1S/C45H48ClFN2O8/c1-6-55-43(53)41(56-44(54)45(4,5)57-35-22-11-29(12-23-35)25-26-48-42(52)31-13-17-32(46)18-14-31)39(51)27-34(50)21-24-38-40(30-15-19-33(47)20-16-30)36-9-7-8-10-37(36)49(38)28(2)3/h7-24,28,34,39,41,50-51H,6,25-27H2,1-5H3,(H,48,52)/b24-21+. The lowest BCUT2D eigenvalue weighted by molar-refractivity contribution is -0.185. The van der Waals surface area contributed by atoms with Gasteiger partial charge in [0.25, 0.3) is 5.91 Å². The molecule has 3 atom stereocenters. The van der Waals surface area contributed by atoms with E-state index >= 15 is 0 Å². The highest BCUT2D eigenvalue weighted by Gasteiger charge is 2.40. The van der Waals surface area contributed by atoms with Gasteiger partial charge in [-0.3, -0.25) is 4.79 Å². The number of halogens is 2. The molecule has 5 rings (SSSR count). The average Bonchev–Trinajstić information content (AvgIpc) is 3.51. The number of fused-ring (bicyclic) bond motifs is 1. The number of aromatic nitrogens is 1. The van der Waals surface area contributed by atoms with Crippen LogP contribution in [0.1, 0.15) is 68.7 Å². The van der Waals surface area contributed by atoms with E-state index in [-0.39, 0.29) is 30.8 Å². The van der Waals surface area contributed by atoms with Crippen molar-refractivity contribution in [1.29, 1.82) is 0 Å². The van der Waals surface area contributed by atoms with Crippen LogP contribution in [0.15, 0.2) is 103 Å². The smallest absolute Gasteiger partial charge is 0.350 e. The summed E-state index contributed by atoms with van der Waals surface area (Å²) in [5.74, 6) is -2.15. The summed E-state index contributed by atoms with van der Waals surface area (Å²) >= 11 is 5.90. The zero-order chi connectivity index (χ0) is 41.3. The molecule has 3 N–H and O–H groups in total. The van der Waals surface area contributed by atoms with Gasteiger partial charge in [-0.05, 0) is 113 Å². The number of para-hydroxylation sites is 1. The summed E-state index contributed by atoms with van der Waals surface area (Å²) in [6, 6.07) is 27.6. The van der Waals surface area contributed by atoms with Crippen molar-refractivity contribution in [3.05, 3.63) is 131 Å². The molecule has 1 heterocycles. The summed E-state index contributed by atoms with van der Waals surface area (Å²) < 4.78 is 32.6. The van der Waals surface area contributed by atoms with E-state index in [0.717, 1.165) is 33.3 Å². The number of aliphatic hydroxyl groups is 2. The molecule has 0 radical (unpaired) electrons. The third-order valence-electron chi connectivity index (χ3n) is 9.25. The molecule has 0 aliphatic rings. The number of aliphatic hydroxyl groups excluding tert-OH is 2. The van der Waals surface area contributed by atoms with Crippen LogP contribution >= 0.6 is 11.6 Å². The van der Waals surface area contributed by atoms with Crippen molar-refractivity contribution in [2.24, 2.45) is 0 Å². The first-order chi connectivity index (χ1) is 27.2. The highest BCUT2D eigenvalue weighted by atomic mass is 35.5. The highest BCUT2D eigenvalue weighted by molar-refractivity contribution is 6.30. The van der Waals surface area contributed by atoms with E-state index in [1.165, 1.54) is 32.1 Å². The molecule has 12 heteroatoms. The largest absolute Gasteiger partial charge is 0.476 e. The fourth-order valence-corrected chi connectivity index (χ4v) is 6.55. The lowest BCUT2D eigenvalue weighted by atomic mass is 10.0. The molecule has 0 fully saturated rings. The number of carbonyl (C=O) groups excluding carboxylic acids is 3. The molecule has 0 saturated heterocycles. The van der Waals surface area contributed by atoms with Gasteiger partial charge in [0.05, 0.1) is 12.7 Å². The van der Waals surface area contributed by atoms with E-state index in [1.54, 1.807) is 73.7 Å². The van der Waals surface area contributed by atoms with Crippen LogP contribution in [0, 0.1) is 5.82 Å². The van der Waals surface area contributed by atoms with Crippen LogP contribution in [0.4, 0.5) is 4.39 Å². The maximum Gasteiger partial charge on any atom is 0.350 e. The lowest BCUT2D eigenvalue weighted by Crippen LogP contribution is -2.47.